The average molecular weight is 292 g/mol. The molecule has 2 heterocycles. The maximum atomic E-state index is 13.8. The molecule has 21 heavy (non-hydrogen) atoms. The number of fused-ring (bicyclic) bond motifs is 1. The van der Waals surface area contributed by atoms with Crippen LogP contribution in [0.5, 0.6) is 0 Å². The Balaban J connectivity index is 1.89. The summed E-state index contributed by atoms with van der Waals surface area (Å²) in [7, 11) is 0. The van der Waals surface area contributed by atoms with Crippen molar-refractivity contribution >= 4 is 0 Å². The molecule has 0 aliphatic carbocycles. The van der Waals surface area contributed by atoms with Crippen molar-refractivity contribution in [3.8, 4) is 0 Å². The summed E-state index contributed by atoms with van der Waals surface area (Å²) in [5, 5.41) is 11.8. The predicted molar refractivity (Wildman–Crippen MR) is 74.8 cm³/mol. The van der Waals surface area contributed by atoms with Gasteiger partial charge in [0.2, 0.25) is 0 Å². The minimum atomic E-state index is -0.823. The molecular formula is C15H18F2N4. The van der Waals surface area contributed by atoms with E-state index in [4.69, 9.17) is 0 Å². The zero-order valence-corrected chi connectivity index (χ0v) is 11.9. The molecule has 0 spiro atoms. The predicted octanol–water partition coefficient (Wildman–Crippen LogP) is 2.59. The molecule has 1 unspecified atom stereocenters. The summed E-state index contributed by atoms with van der Waals surface area (Å²) in [5.74, 6) is -0.0303. The summed E-state index contributed by atoms with van der Waals surface area (Å²) in [4.78, 5) is 0. The number of aromatic nitrogens is 3. The molecule has 2 aromatic rings. The monoisotopic (exact) mass is 292 g/mol. The molecular weight excluding hydrogens is 274 g/mol. The zero-order valence-electron chi connectivity index (χ0n) is 11.9. The van der Waals surface area contributed by atoms with E-state index in [1.54, 1.807) is 6.07 Å². The van der Waals surface area contributed by atoms with Crippen molar-refractivity contribution in [1.82, 2.24) is 20.1 Å². The second kappa shape index (κ2) is 5.89. The molecule has 0 bridgehead atoms. The summed E-state index contributed by atoms with van der Waals surface area (Å²) in [6.07, 6.45) is 2.31. The van der Waals surface area contributed by atoms with Gasteiger partial charge in [-0.2, -0.15) is 0 Å². The van der Waals surface area contributed by atoms with Gasteiger partial charge in [-0.15, -0.1) is 10.2 Å². The van der Waals surface area contributed by atoms with Crippen LogP contribution < -0.4 is 5.32 Å². The lowest BCUT2D eigenvalue weighted by Crippen LogP contribution is -2.34. The van der Waals surface area contributed by atoms with Crippen LogP contribution in [0.15, 0.2) is 18.2 Å². The fourth-order valence-corrected chi connectivity index (χ4v) is 2.80. The van der Waals surface area contributed by atoms with Crippen molar-refractivity contribution in [3.63, 3.8) is 0 Å². The minimum Gasteiger partial charge on any atom is -0.312 e. The molecule has 0 amide bonds. The Morgan fingerprint density at radius 3 is 3.00 bits per heavy atom. The van der Waals surface area contributed by atoms with Gasteiger partial charge in [0.15, 0.2) is 11.6 Å². The van der Waals surface area contributed by atoms with Crippen LogP contribution in [0, 0.1) is 11.6 Å². The van der Waals surface area contributed by atoms with Crippen LogP contribution in [0.2, 0.25) is 0 Å². The summed E-state index contributed by atoms with van der Waals surface area (Å²) >= 11 is 0. The summed E-state index contributed by atoms with van der Waals surface area (Å²) < 4.78 is 29.1. The zero-order chi connectivity index (χ0) is 14.8. The van der Waals surface area contributed by atoms with Gasteiger partial charge in [-0.25, -0.2) is 8.78 Å². The molecule has 0 radical (unpaired) electrons. The number of nitrogens with one attached hydrogen (secondary N) is 1. The van der Waals surface area contributed by atoms with E-state index in [9.17, 15) is 8.78 Å². The van der Waals surface area contributed by atoms with E-state index < -0.39 is 11.6 Å². The van der Waals surface area contributed by atoms with Gasteiger partial charge in [-0.1, -0.05) is 25.5 Å². The van der Waals surface area contributed by atoms with Crippen molar-refractivity contribution in [3.05, 3.63) is 47.0 Å². The van der Waals surface area contributed by atoms with Crippen molar-refractivity contribution in [2.75, 3.05) is 6.54 Å². The van der Waals surface area contributed by atoms with Crippen LogP contribution >= 0.6 is 0 Å². The number of nitrogens with zero attached hydrogens (tertiary/aromatic N) is 3. The quantitative estimate of drug-likeness (QED) is 0.942. The number of hydrogen-bond donors (Lipinski definition) is 1. The second-order valence-electron chi connectivity index (χ2n) is 5.31. The van der Waals surface area contributed by atoms with Crippen LogP contribution in [0.25, 0.3) is 0 Å². The highest BCUT2D eigenvalue weighted by Crippen LogP contribution is 2.23. The largest absolute Gasteiger partial charge is 0.312 e. The van der Waals surface area contributed by atoms with Crippen LogP contribution in [0.3, 0.4) is 0 Å². The lowest BCUT2D eigenvalue weighted by molar-refractivity contribution is 0.388. The van der Waals surface area contributed by atoms with Gasteiger partial charge < -0.3 is 9.88 Å². The minimum absolute atomic E-state index is 0.197. The molecule has 0 saturated carbocycles. The fraction of sp³-hybridized carbons (Fsp3) is 0.467. The summed E-state index contributed by atoms with van der Waals surface area (Å²) in [5.41, 5.74) is 0.316. The first-order valence-corrected chi connectivity index (χ1v) is 7.29. The Morgan fingerprint density at radius 1 is 1.33 bits per heavy atom. The van der Waals surface area contributed by atoms with Crippen LogP contribution in [-0.4, -0.2) is 21.3 Å². The van der Waals surface area contributed by atoms with E-state index >= 15 is 0 Å². The standard InChI is InChI=1S/C15H18F2N4/c1-2-4-12-15-20-19-13(21(15)8-7-18-12)9-10-5-3-6-11(16)14(10)17/h3,5-6,12,18H,2,4,7-9H2,1H3. The number of hydrogen-bond acceptors (Lipinski definition) is 3. The number of rotatable bonds is 4. The lowest BCUT2D eigenvalue weighted by Gasteiger charge is -2.24. The van der Waals surface area contributed by atoms with E-state index in [2.05, 4.69) is 22.4 Å². The van der Waals surface area contributed by atoms with Crippen molar-refractivity contribution in [1.29, 1.82) is 0 Å². The van der Waals surface area contributed by atoms with Crippen LogP contribution in [-0.2, 0) is 13.0 Å². The van der Waals surface area contributed by atoms with Gasteiger partial charge in [0.05, 0.1) is 6.04 Å². The molecule has 112 valence electrons. The van der Waals surface area contributed by atoms with E-state index in [1.165, 1.54) is 6.07 Å². The van der Waals surface area contributed by atoms with Crippen LogP contribution in [0.4, 0.5) is 8.78 Å². The summed E-state index contributed by atoms with van der Waals surface area (Å²) in [6.45, 7) is 3.73. The normalized spacial score (nSPS) is 17.8. The SMILES string of the molecule is CCCC1NCCn2c(Cc3cccc(F)c3F)nnc21. The van der Waals surface area contributed by atoms with Crippen molar-refractivity contribution in [2.24, 2.45) is 0 Å². The smallest absolute Gasteiger partial charge is 0.162 e. The van der Waals surface area contributed by atoms with E-state index in [0.29, 0.717) is 11.4 Å². The topological polar surface area (TPSA) is 42.7 Å². The molecule has 1 aliphatic rings. The molecule has 1 atom stereocenters. The molecule has 1 aliphatic heterocycles. The third-order valence-corrected chi connectivity index (χ3v) is 3.85. The maximum Gasteiger partial charge on any atom is 0.162 e. The van der Waals surface area contributed by atoms with Gasteiger partial charge >= 0.3 is 0 Å². The van der Waals surface area contributed by atoms with Gasteiger partial charge in [-0.05, 0) is 18.1 Å². The van der Waals surface area contributed by atoms with E-state index in [-0.39, 0.29) is 12.5 Å². The Hall–Kier alpha value is -1.82. The molecule has 1 aromatic carbocycles. The lowest BCUT2D eigenvalue weighted by atomic mass is 10.1. The van der Waals surface area contributed by atoms with Crippen LogP contribution in [0.1, 0.15) is 43.0 Å². The second-order valence-corrected chi connectivity index (χ2v) is 5.31. The molecule has 4 nitrogen and oxygen atoms in total. The average Bonchev–Trinajstić information content (AvgIpc) is 2.89. The highest BCUT2D eigenvalue weighted by molar-refractivity contribution is 5.23. The molecule has 1 aromatic heterocycles. The molecule has 0 fully saturated rings. The van der Waals surface area contributed by atoms with E-state index in [0.717, 1.165) is 37.8 Å². The Kier molecular flexibility index (Phi) is 3.96. The Labute approximate surface area is 122 Å². The first-order chi connectivity index (χ1) is 10.2. The first-order valence-electron chi connectivity index (χ1n) is 7.29. The van der Waals surface area contributed by atoms with Crippen molar-refractivity contribution in [2.45, 2.75) is 38.8 Å². The van der Waals surface area contributed by atoms with Gasteiger partial charge in [0, 0.05) is 19.5 Å². The van der Waals surface area contributed by atoms with Gasteiger partial charge in [-0.3, -0.25) is 0 Å². The Bertz CT molecular complexity index is 639. The molecule has 1 N–H and O–H groups in total. The highest BCUT2D eigenvalue weighted by Gasteiger charge is 2.24. The third kappa shape index (κ3) is 2.68. The van der Waals surface area contributed by atoms with Gasteiger partial charge in [0.1, 0.15) is 11.6 Å². The van der Waals surface area contributed by atoms with E-state index in [1.807, 2.05) is 4.57 Å². The molecule has 3 rings (SSSR count). The van der Waals surface area contributed by atoms with Gasteiger partial charge in [0.25, 0.3) is 0 Å². The molecule has 0 saturated heterocycles. The van der Waals surface area contributed by atoms with Crippen molar-refractivity contribution < 1.29 is 8.78 Å². The number of halogens is 2. The summed E-state index contributed by atoms with van der Waals surface area (Å²) in [6, 6.07) is 4.43. The third-order valence-electron chi connectivity index (χ3n) is 3.85. The fourth-order valence-electron chi connectivity index (χ4n) is 2.80. The Morgan fingerprint density at radius 2 is 2.19 bits per heavy atom. The first kappa shape index (κ1) is 14.1. The number of benzene rings is 1. The maximum absolute atomic E-state index is 13.8. The molecule has 6 heteroatoms. The highest BCUT2D eigenvalue weighted by atomic mass is 19.2.